The van der Waals surface area contributed by atoms with E-state index in [0.717, 1.165) is 12.1 Å². The fourth-order valence-corrected chi connectivity index (χ4v) is 6.02. The molecule has 0 N–H and O–H groups in total. The van der Waals surface area contributed by atoms with Crippen LogP contribution in [0.5, 0.6) is 0 Å². The van der Waals surface area contributed by atoms with E-state index in [4.69, 9.17) is 0 Å². The van der Waals surface area contributed by atoms with Gasteiger partial charge in [-0.05, 0) is 79.1 Å². The molecule has 0 saturated carbocycles. The quantitative estimate of drug-likeness (QED) is 0.269. The summed E-state index contributed by atoms with van der Waals surface area (Å²) in [5, 5.41) is 0.0120. The molecule has 0 amide bonds. The van der Waals surface area contributed by atoms with E-state index in [0.29, 0.717) is 23.0 Å². The molecule has 0 nitrogen and oxygen atoms in total. The minimum absolute atomic E-state index is 0.000857. The summed E-state index contributed by atoms with van der Waals surface area (Å²) in [6.07, 6.45) is -14.9. The molecule has 0 radical (unpaired) electrons. The molecular weight excluding hydrogens is 478 g/mol. The first-order valence-electron chi connectivity index (χ1n) is 9.41. The number of hydrogen-bond acceptors (Lipinski definition) is 0. The van der Waals surface area contributed by atoms with Gasteiger partial charge in [0, 0.05) is 0 Å². The first-order chi connectivity index (χ1) is 15.1. The lowest BCUT2D eigenvalue weighted by atomic mass is 10.1. The van der Waals surface area contributed by atoms with E-state index < -0.39 is 43.1 Å². The fourth-order valence-electron chi connectivity index (χ4n) is 3.36. The summed E-state index contributed by atoms with van der Waals surface area (Å²) in [7, 11) is -2.17. The lowest BCUT2D eigenvalue weighted by molar-refractivity contribution is -0.143. The largest absolute Gasteiger partial charge is 0.416 e. The van der Waals surface area contributed by atoms with Crippen molar-refractivity contribution in [3.63, 3.8) is 0 Å². The van der Waals surface area contributed by atoms with Gasteiger partial charge < -0.3 is 0 Å². The predicted octanol–water partition coefficient (Wildman–Crippen LogP) is 7.12. The van der Waals surface area contributed by atoms with Crippen molar-refractivity contribution in [3.8, 4) is 0 Å². The van der Waals surface area contributed by atoms with Gasteiger partial charge in [0.25, 0.3) is 0 Å². The maximum absolute atomic E-state index is 13.5. The van der Waals surface area contributed by atoms with Crippen molar-refractivity contribution in [1.29, 1.82) is 0 Å². The monoisotopic (exact) mass is 494 g/mol. The second-order valence-electron chi connectivity index (χ2n) is 7.44. The Morgan fingerprint density at radius 3 is 1.42 bits per heavy atom. The van der Waals surface area contributed by atoms with Gasteiger partial charge in [-0.25, -0.2) is 0 Å². The zero-order chi connectivity index (χ0) is 24.8. The first kappa shape index (κ1) is 25.1. The number of benzene rings is 3. The second kappa shape index (κ2) is 8.67. The summed E-state index contributed by atoms with van der Waals surface area (Å²) in [5.74, 6) is 0. The Balaban J connectivity index is 2.38. The van der Waals surface area contributed by atoms with Crippen molar-refractivity contribution in [3.05, 3.63) is 88.5 Å². The molecular formula is C23H16F9P. The van der Waals surface area contributed by atoms with Crippen LogP contribution < -0.4 is 15.9 Å². The van der Waals surface area contributed by atoms with Crippen LogP contribution in [0.4, 0.5) is 39.5 Å². The van der Waals surface area contributed by atoms with Crippen LogP contribution in [0, 0.1) is 13.8 Å². The Hall–Kier alpha value is -2.54. The Kier molecular flexibility index (Phi) is 6.59. The van der Waals surface area contributed by atoms with Gasteiger partial charge in [0.05, 0.1) is 16.7 Å². The standard InChI is InChI=1S/C23H16F9P/c1-13-7-15(21(24,25)26)10-18(8-13)33(20-6-4-3-5-14(20)2)19-11-16(22(27,28)29)9-17(12-19)23(30,31)32/h3-12H,1-2H3. The van der Waals surface area contributed by atoms with Crippen LogP contribution in [0.1, 0.15) is 27.8 Å². The molecule has 0 aliphatic carbocycles. The topological polar surface area (TPSA) is 0 Å². The number of hydrogen-bond donors (Lipinski definition) is 0. The summed E-state index contributed by atoms with van der Waals surface area (Å²) >= 11 is 0. The highest BCUT2D eigenvalue weighted by molar-refractivity contribution is 7.79. The zero-order valence-corrected chi connectivity index (χ0v) is 18.0. The van der Waals surface area contributed by atoms with Crippen molar-refractivity contribution >= 4 is 23.8 Å². The van der Waals surface area contributed by atoms with Gasteiger partial charge in [-0.3, -0.25) is 0 Å². The molecule has 176 valence electrons. The Morgan fingerprint density at radius 1 is 0.545 bits per heavy atom. The summed E-state index contributed by atoms with van der Waals surface area (Å²) in [4.78, 5) is 0. The van der Waals surface area contributed by atoms with Crippen LogP contribution in [-0.4, -0.2) is 0 Å². The highest BCUT2D eigenvalue weighted by atomic mass is 31.1. The average molecular weight is 494 g/mol. The van der Waals surface area contributed by atoms with E-state index in [2.05, 4.69) is 0 Å². The normalized spacial score (nSPS) is 13.8. The molecule has 0 spiro atoms. The molecule has 33 heavy (non-hydrogen) atoms. The predicted molar refractivity (Wildman–Crippen MR) is 110 cm³/mol. The van der Waals surface area contributed by atoms with Crippen molar-refractivity contribution in [2.45, 2.75) is 32.4 Å². The van der Waals surface area contributed by atoms with E-state index in [1.165, 1.54) is 25.1 Å². The van der Waals surface area contributed by atoms with Crippen molar-refractivity contribution in [1.82, 2.24) is 0 Å². The molecule has 0 heterocycles. The van der Waals surface area contributed by atoms with Crippen LogP contribution in [0.15, 0.2) is 60.7 Å². The van der Waals surface area contributed by atoms with Gasteiger partial charge in [-0.2, -0.15) is 39.5 Å². The molecule has 0 bridgehead atoms. The lowest BCUT2D eigenvalue weighted by Gasteiger charge is -2.25. The summed E-state index contributed by atoms with van der Waals surface area (Å²) in [6, 6.07) is 10.5. The minimum Gasteiger partial charge on any atom is -0.166 e. The highest BCUT2D eigenvalue weighted by Gasteiger charge is 2.38. The molecule has 3 rings (SSSR count). The van der Waals surface area contributed by atoms with E-state index in [-0.39, 0.29) is 22.2 Å². The highest BCUT2D eigenvalue weighted by Crippen LogP contribution is 2.41. The van der Waals surface area contributed by atoms with E-state index in [1.54, 1.807) is 19.1 Å². The van der Waals surface area contributed by atoms with Gasteiger partial charge in [-0.1, -0.05) is 30.3 Å². The first-order valence-corrected chi connectivity index (χ1v) is 10.8. The Morgan fingerprint density at radius 2 is 0.970 bits per heavy atom. The van der Waals surface area contributed by atoms with Crippen molar-refractivity contribution < 1.29 is 39.5 Å². The number of halogens is 9. The molecule has 1 unspecified atom stereocenters. The van der Waals surface area contributed by atoms with Crippen molar-refractivity contribution in [2.24, 2.45) is 0 Å². The molecule has 10 heteroatoms. The Bertz CT molecular complexity index is 1130. The molecule has 0 aromatic heterocycles. The van der Waals surface area contributed by atoms with Gasteiger partial charge in [-0.15, -0.1) is 0 Å². The number of rotatable bonds is 3. The third kappa shape index (κ3) is 5.69. The van der Waals surface area contributed by atoms with Crippen LogP contribution in [0.2, 0.25) is 0 Å². The maximum atomic E-state index is 13.5. The van der Waals surface area contributed by atoms with E-state index >= 15 is 0 Å². The van der Waals surface area contributed by atoms with Crippen LogP contribution in [0.3, 0.4) is 0 Å². The molecule has 0 saturated heterocycles. The van der Waals surface area contributed by atoms with Gasteiger partial charge in [0.15, 0.2) is 0 Å². The van der Waals surface area contributed by atoms with Gasteiger partial charge in [0.1, 0.15) is 0 Å². The lowest BCUT2D eigenvalue weighted by Crippen LogP contribution is -2.26. The molecule has 3 aromatic rings. The van der Waals surface area contributed by atoms with Gasteiger partial charge in [0.2, 0.25) is 0 Å². The zero-order valence-electron chi connectivity index (χ0n) is 17.1. The molecule has 0 aliphatic rings. The SMILES string of the molecule is Cc1cc(P(c2cc(C(F)(F)F)cc(C(F)(F)F)c2)c2ccccc2C)cc(C(F)(F)F)c1. The minimum atomic E-state index is -5.08. The third-order valence-corrected chi connectivity index (χ3v) is 7.37. The smallest absolute Gasteiger partial charge is 0.166 e. The number of alkyl halides is 9. The Labute approximate surface area is 184 Å². The second-order valence-corrected chi connectivity index (χ2v) is 9.63. The van der Waals surface area contributed by atoms with Gasteiger partial charge >= 0.3 is 18.5 Å². The summed E-state index contributed by atoms with van der Waals surface area (Å²) in [5.41, 5.74) is -3.34. The fraction of sp³-hybridized carbons (Fsp3) is 0.217. The summed E-state index contributed by atoms with van der Waals surface area (Å²) in [6.45, 7) is 2.99. The maximum Gasteiger partial charge on any atom is 0.416 e. The van der Waals surface area contributed by atoms with Crippen molar-refractivity contribution in [2.75, 3.05) is 0 Å². The van der Waals surface area contributed by atoms with E-state index in [1.807, 2.05) is 0 Å². The molecule has 1 atom stereocenters. The van der Waals surface area contributed by atoms with E-state index in [9.17, 15) is 39.5 Å². The molecule has 3 aromatic carbocycles. The average Bonchev–Trinajstić information content (AvgIpc) is 2.67. The molecule has 0 fully saturated rings. The van der Waals surface area contributed by atoms with Crippen LogP contribution >= 0.6 is 7.92 Å². The molecule has 0 aliphatic heterocycles. The third-order valence-electron chi connectivity index (χ3n) is 4.83. The number of aryl methyl sites for hydroxylation is 2. The van der Waals surface area contributed by atoms with Crippen LogP contribution in [-0.2, 0) is 18.5 Å². The summed E-state index contributed by atoms with van der Waals surface area (Å²) < 4.78 is 121. The van der Waals surface area contributed by atoms with Crippen LogP contribution in [0.25, 0.3) is 0 Å².